The van der Waals surface area contributed by atoms with Crippen LogP contribution in [0.25, 0.3) is 0 Å². The number of benzene rings is 1. The minimum Gasteiger partial charge on any atom is -0.383 e. The molecule has 1 rings (SSSR count). The largest absolute Gasteiger partial charge is 0.389 e. The van der Waals surface area contributed by atoms with Crippen molar-refractivity contribution in [2.45, 2.75) is 43.3 Å². The van der Waals surface area contributed by atoms with Gasteiger partial charge in [-0.05, 0) is 44.0 Å². The summed E-state index contributed by atoms with van der Waals surface area (Å²) in [6.07, 6.45) is -3.31. The second-order valence-electron chi connectivity index (χ2n) is 4.85. The van der Waals surface area contributed by atoms with Crippen LogP contribution in [-0.4, -0.2) is 26.9 Å². The Hall–Kier alpha value is -1.24. The van der Waals surface area contributed by atoms with Gasteiger partial charge in [0.1, 0.15) is 0 Å². The zero-order chi connectivity index (χ0) is 15.4. The predicted octanol–water partition coefficient (Wildman–Crippen LogP) is 3.62. The van der Waals surface area contributed by atoms with Crippen molar-refractivity contribution in [3.05, 3.63) is 24.3 Å². The van der Waals surface area contributed by atoms with Gasteiger partial charge in [0.05, 0.1) is 4.90 Å². The Bertz CT molecular complexity index is 524. The molecule has 0 aromatic heterocycles. The van der Waals surface area contributed by atoms with Crippen LogP contribution in [0, 0.1) is 0 Å². The van der Waals surface area contributed by atoms with Gasteiger partial charge in [0.2, 0.25) is 0 Å². The first-order valence-electron chi connectivity index (χ1n) is 6.21. The highest BCUT2D eigenvalue weighted by Crippen LogP contribution is 2.23. The zero-order valence-corrected chi connectivity index (χ0v) is 12.2. The van der Waals surface area contributed by atoms with E-state index in [9.17, 15) is 21.6 Å². The third-order valence-corrected chi connectivity index (χ3v) is 3.92. The van der Waals surface area contributed by atoms with Crippen molar-refractivity contribution in [3.63, 3.8) is 0 Å². The Morgan fingerprint density at radius 2 is 1.75 bits per heavy atom. The summed E-state index contributed by atoms with van der Waals surface area (Å²) < 4.78 is 58.6. The van der Waals surface area contributed by atoms with Gasteiger partial charge < -0.3 is 5.32 Å². The lowest BCUT2D eigenvalue weighted by molar-refractivity contribution is -0.135. The van der Waals surface area contributed by atoms with Crippen LogP contribution < -0.4 is 5.32 Å². The molecule has 0 saturated carbocycles. The molecule has 0 fully saturated rings. The molecular weight excluding hydrogens is 291 g/mol. The van der Waals surface area contributed by atoms with Gasteiger partial charge in [-0.25, -0.2) is 8.42 Å². The van der Waals surface area contributed by atoms with Gasteiger partial charge in [0.15, 0.2) is 9.84 Å². The van der Waals surface area contributed by atoms with E-state index in [1.807, 2.05) is 0 Å². The highest BCUT2D eigenvalue weighted by atomic mass is 32.2. The van der Waals surface area contributed by atoms with Crippen molar-refractivity contribution in [2.75, 3.05) is 11.6 Å². The van der Waals surface area contributed by atoms with Crippen molar-refractivity contribution in [1.82, 2.24) is 0 Å². The maximum absolute atomic E-state index is 12.0. The minimum atomic E-state index is -4.11. The molecule has 0 saturated heterocycles. The number of alkyl halides is 3. The smallest absolute Gasteiger partial charge is 0.383 e. The van der Waals surface area contributed by atoms with Gasteiger partial charge in [0, 0.05) is 24.4 Å². The Labute approximate surface area is 117 Å². The second-order valence-corrected chi connectivity index (χ2v) is 6.87. The van der Waals surface area contributed by atoms with Crippen LogP contribution in [-0.2, 0) is 9.84 Å². The van der Waals surface area contributed by atoms with Crippen LogP contribution in [0.4, 0.5) is 18.9 Å². The van der Waals surface area contributed by atoms with Crippen molar-refractivity contribution in [2.24, 2.45) is 0 Å². The van der Waals surface area contributed by atoms with Crippen molar-refractivity contribution in [3.8, 4) is 0 Å². The SMILES string of the molecule is CC(CCCC(F)(F)F)Nc1ccc(S(C)(=O)=O)cc1. The number of hydrogen-bond acceptors (Lipinski definition) is 3. The molecule has 0 amide bonds. The minimum absolute atomic E-state index is 0.0685. The molecule has 1 aromatic carbocycles. The van der Waals surface area contributed by atoms with Crippen LogP contribution in [0.2, 0.25) is 0 Å². The zero-order valence-electron chi connectivity index (χ0n) is 11.4. The molecule has 1 atom stereocenters. The Balaban J connectivity index is 2.48. The quantitative estimate of drug-likeness (QED) is 0.873. The molecule has 0 aliphatic rings. The normalized spacial score (nSPS) is 14.1. The van der Waals surface area contributed by atoms with Crippen LogP contribution in [0.3, 0.4) is 0 Å². The third-order valence-electron chi connectivity index (χ3n) is 2.79. The number of sulfone groups is 1. The first kappa shape index (κ1) is 16.8. The Morgan fingerprint density at radius 3 is 2.20 bits per heavy atom. The van der Waals surface area contributed by atoms with Gasteiger partial charge in [-0.15, -0.1) is 0 Å². The summed E-state index contributed by atoms with van der Waals surface area (Å²) in [4.78, 5) is 0.216. The molecule has 114 valence electrons. The molecule has 0 radical (unpaired) electrons. The lowest BCUT2D eigenvalue weighted by atomic mass is 10.1. The lowest BCUT2D eigenvalue weighted by Crippen LogP contribution is -2.16. The van der Waals surface area contributed by atoms with Gasteiger partial charge in [-0.3, -0.25) is 0 Å². The molecule has 0 heterocycles. The van der Waals surface area contributed by atoms with Gasteiger partial charge in [-0.2, -0.15) is 13.2 Å². The molecule has 1 unspecified atom stereocenters. The monoisotopic (exact) mass is 309 g/mol. The molecule has 7 heteroatoms. The summed E-state index contributed by atoms with van der Waals surface area (Å²) in [5.74, 6) is 0. The van der Waals surface area contributed by atoms with E-state index in [2.05, 4.69) is 5.32 Å². The Kier molecular flexibility index (Phi) is 5.44. The topological polar surface area (TPSA) is 46.2 Å². The maximum Gasteiger partial charge on any atom is 0.389 e. The number of anilines is 1. The van der Waals surface area contributed by atoms with E-state index in [-0.39, 0.29) is 17.4 Å². The Morgan fingerprint density at radius 1 is 1.20 bits per heavy atom. The first-order valence-corrected chi connectivity index (χ1v) is 8.10. The highest BCUT2D eigenvalue weighted by Gasteiger charge is 2.26. The van der Waals surface area contributed by atoms with Gasteiger partial charge in [-0.1, -0.05) is 0 Å². The fraction of sp³-hybridized carbons (Fsp3) is 0.538. The van der Waals surface area contributed by atoms with Crippen LogP contribution >= 0.6 is 0 Å². The summed E-state index contributed by atoms with van der Waals surface area (Å²) in [7, 11) is -3.23. The molecule has 3 nitrogen and oxygen atoms in total. The number of hydrogen-bond donors (Lipinski definition) is 1. The van der Waals surface area contributed by atoms with E-state index in [1.54, 1.807) is 19.1 Å². The molecule has 1 N–H and O–H groups in total. The number of nitrogens with one attached hydrogen (secondary N) is 1. The predicted molar refractivity (Wildman–Crippen MR) is 72.5 cm³/mol. The van der Waals surface area contributed by atoms with E-state index in [0.29, 0.717) is 12.1 Å². The summed E-state index contributed by atoms with van der Waals surface area (Å²) in [5.41, 5.74) is 0.692. The average molecular weight is 309 g/mol. The number of rotatable bonds is 6. The van der Waals surface area contributed by atoms with Crippen molar-refractivity contribution in [1.29, 1.82) is 0 Å². The number of halogens is 3. The molecule has 0 aliphatic heterocycles. The van der Waals surface area contributed by atoms with E-state index in [0.717, 1.165) is 6.26 Å². The third kappa shape index (κ3) is 6.27. The molecular formula is C13H18F3NO2S. The molecule has 20 heavy (non-hydrogen) atoms. The maximum atomic E-state index is 12.0. The fourth-order valence-electron chi connectivity index (χ4n) is 1.76. The fourth-order valence-corrected chi connectivity index (χ4v) is 2.39. The van der Waals surface area contributed by atoms with Crippen LogP contribution in [0.1, 0.15) is 26.2 Å². The second kappa shape index (κ2) is 6.47. The summed E-state index contributed by atoms with van der Waals surface area (Å²) >= 11 is 0. The van der Waals surface area contributed by atoms with E-state index < -0.39 is 22.4 Å². The first-order chi connectivity index (χ1) is 9.08. The molecule has 1 aromatic rings. The van der Waals surface area contributed by atoms with E-state index in [4.69, 9.17) is 0 Å². The summed E-state index contributed by atoms with van der Waals surface area (Å²) in [6, 6.07) is 6.05. The van der Waals surface area contributed by atoms with Gasteiger partial charge in [0.25, 0.3) is 0 Å². The summed E-state index contributed by atoms with van der Waals surface area (Å²) in [5, 5.41) is 3.04. The van der Waals surface area contributed by atoms with E-state index in [1.165, 1.54) is 12.1 Å². The molecule has 0 aliphatic carbocycles. The molecule has 0 bridgehead atoms. The van der Waals surface area contributed by atoms with Crippen molar-refractivity contribution >= 4 is 15.5 Å². The highest BCUT2D eigenvalue weighted by molar-refractivity contribution is 7.90. The molecule has 0 spiro atoms. The average Bonchev–Trinajstić information content (AvgIpc) is 2.26. The summed E-state index contributed by atoms with van der Waals surface area (Å²) in [6.45, 7) is 1.79. The van der Waals surface area contributed by atoms with Crippen LogP contribution in [0.15, 0.2) is 29.2 Å². The van der Waals surface area contributed by atoms with Crippen molar-refractivity contribution < 1.29 is 21.6 Å². The van der Waals surface area contributed by atoms with E-state index >= 15 is 0 Å². The van der Waals surface area contributed by atoms with Gasteiger partial charge >= 0.3 is 6.18 Å². The lowest BCUT2D eigenvalue weighted by Gasteiger charge is -2.16. The van der Waals surface area contributed by atoms with Crippen LogP contribution in [0.5, 0.6) is 0 Å². The standard InChI is InChI=1S/C13H18F3NO2S/c1-10(4-3-9-13(14,15)16)17-11-5-7-12(8-6-11)20(2,18)19/h5-8,10,17H,3-4,9H2,1-2H3.